The van der Waals surface area contributed by atoms with Crippen LogP contribution in [0.2, 0.25) is 0 Å². The largest absolute Gasteiger partial charge is 0.416 e. The molecule has 1 fully saturated rings. The van der Waals surface area contributed by atoms with Crippen LogP contribution in [0, 0.1) is 0 Å². The Hall–Kier alpha value is -1.85. The third kappa shape index (κ3) is 4.86. The summed E-state index contributed by atoms with van der Waals surface area (Å²) in [4.78, 5) is 4.48. The lowest BCUT2D eigenvalue weighted by Gasteiger charge is -2.35. The van der Waals surface area contributed by atoms with Gasteiger partial charge in [-0.1, -0.05) is 49.4 Å². The van der Waals surface area contributed by atoms with Crippen LogP contribution in [0.3, 0.4) is 0 Å². The van der Waals surface area contributed by atoms with Gasteiger partial charge in [-0.15, -0.1) is 0 Å². The predicted octanol–water partition coefficient (Wildman–Crippen LogP) is 4.59. The smallest absolute Gasteiger partial charge is 0.297 e. The van der Waals surface area contributed by atoms with Gasteiger partial charge in [-0.05, 0) is 29.2 Å². The molecule has 0 radical (unpaired) electrons. The Morgan fingerprint density at radius 3 is 1.88 bits per heavy atom. The number of alkyl halides is 3. The molecule has 1 aliphatic heterocycles. The summed E-state index contributed by atoms with van der Waals surface area (Å²) in [5.41, 5.74) is 2.47. The number of benzene rings is 2. The predicted molar refractivity (Wildman–Crippen MR) is 97.8 cm³/mol. The molecule has 0 unspecified atom stereocenters. The zero-order valence-electron chi connectivity index (χ0n) is 15.1. The number of aryl methyl sites for hydroxylation is 1. The molecular weight excluding hydrogens is 337 g/mol. The Kier molecular flexibility index (Phi) is 5.99. The van der Waals surface area contributed by atoms with E-state index >= 15 is 0 Å². The van der Waals surface area contributed by atoms with Crippen molar-refractivity contribution in [2.75, 3.05) is 26.2 Å². The van der Waals surface area contributed by atoms with Crippen LogP contribution in [0.1, 0.15) is 29.2 Å². The first-order valence-corrected chi connectivity index (χ1v) is 9.13. The minimum Gasteiger partial charge on any atom is -0.297 e. The van der Waals surface area contributed by atoms with Crippen molar-refractivity contribution < 1.29 is 13.2 Å². The van der Waals surface area contributed by atoms with Crippen LogP contribution in [-0.4, -0.2) is 36.0 Å². The number of hydrogen-bond donors (Lipinski definition) is 0. The van der Waals surface area contributed by atoms with Crippen molar-refractivity contribution in [2.24, 2.45) is 0 Å². The maximum Gasteiger partial charge on any atom is 0.416 e. The van der Waals surface area contributed by atoms with Gasteiger partial charge in [0.05, 0.1) is 5.56 Å². The van der Waals surface area contributed by atoms with Crippen molar-refractivity contribution in [1.29, 1.82) is 0 Å². The maximum absolute atomic E-state index is 13.1. The summed E-state index contributed by atoms with van der Waals surface area (Å²) in [6.07, 6.45) is -3.25. The van der Waals surface area contributed by atoms with Crippen LogP contribution in [0.5, 0.6) is 0 Å². The van der Waals surface area contributed by atoms with E-state index in [4.69, 9.17) is 0 Å². The fourth-order valence-electron chi connectivity index (χ4n) is 3.42. The molecule has 0 spiro atoms. The summed E-state index contributed by atoms with van der Waals surface area (Å²) in [5.74, 6) is 0. The quantitative estimate of drug-likeness (QED) is 0.768. The van der Waals surface area contributed by atoms with Gasteiger partial charge in [-0.2, -0.15) is 13.2 Å². The molecule has 2 nitrogen and oxygen atoms in total. The van der Waals surface area contributed by atoms with E-state index < -0.39 is 11.7 Å². The number of hydrogen-bond acceptors (Lipinski definition) is 2. The highest BCUT2D eigenvalue weighted by molar-refractivity contribution is 5.29. The molecule has 26 heavy (non-hydrogen) atoms. The van der Waals surface area contributed by atoms with E-state index in [2.05, 4.69) is 41.0 Å². The van der Waals surface area contributed by atoms with E-state index in [1.54, 1.807) is 12.1 Å². The topological polar surface area (TPSA) is 6.48 Å². The molecule has 2 aromatic carbocycles. The second-order valence-corrected chi connectivity index (χ2v) is 6.88. The van der Waals surface area contributed by atoms with E-state index in [1.165, 1.54) is 23.3 Å². The zero-order chi connectivity index (χ0) is 18.6. The van der Waals surface area contributed by atoms with E-state index in [9.17, 15) is 13.2 Å². The molecule has 140 valence electrons. The van der Waals surface area contributed by atoms with Gasteiger partial charge >= 0.3 is 6.18 Å². The van der Waals surface area contributed by atoms with Crippen LogP contribution in [0.25, 0.3) is 0 Å². The molecule has 2 aromatic rings. The normalized spacial score (nSPS) is 16.8. The van der Waals surface area contributed by atoms with E-state index in [-0.39, 0.29) is 0 Å². The Morgan fingerprint density at radius 1 is 0.769 bits per heavy atom. The second-order valence-electron chi connectivity index (χ2n) is 6.88. The molecule has 0 aromatic heterocycles. The fraction of sp³-hybridized carbons (Fsp3) is 0.429. The Labute approximate surface area is 153 Å². The van der Waals surface area contributed by atoms with E-state index in [1.807, 2.05) is 0 Å². The van der Waals surface area contributed by atoms with E-state index in [0.717, 1.165) is 39.1 Å². The second kappa shape index (κ2) is 8.23. The first-order valence-electron chi connectivity index (χ1n) is 9.13. The van der Waals surface area contributed by atoms with Crippen molar-refractivity contribution in [1.82, 2.24) is 9.80 Å². The Balaban J connectivity index is 1.54. The van der Waals surface area contributed by atoms with Crippen LogP contribution in [-0.2, 0) is 25.7 Å². The number of rotatable bonds is 5. The Morgan fingerprint density at radius 2 is 1.31 bits per heavy atom. The molecule has 0 atom stereocenters. The highest BCUT2D eigenvalue weighted by atomic mass is 19.4. The van der Waals surface area contributed by atoms with Crippen LogP contribution in [0.4, 0.5) is 13.2 Å². The maximum atomic E-state index is 13.1. The van der Waals surface area contributed by atoms with Gasteiger partial charge in [0.25, 0.3) is 0 Å². The molecule has 0 aliphatic carbocycles. The molecule has 5 heteroatoms. The molecule has 0 amide bonds. The monoisotopic (exact) mass is 362 g/mol. The number of piperazine rings is 1. The molecule has 0 bridgehead atoms. The average Bonchev–Trinajstić information content (AvgIpc) is 2.63. The van der Waals surface area contributed by atoms with Gasteiger partial charge in [-0.3, -0.25) is 9.80 Å². The van der Waals surface area contributed by atoms with E-state index in [0.29, 0.717) is 12.1 Å². The number of nitrogens with zero attached hydrogens (tertiary/aromatic N) is 2. The summed E-state index contributed by atoms with van der Waals surface area (Å²) in [5, 5.41) is 0. The number of halogens is 3. The minimum absolute atomic E-state index is 0.356. The summed E-state index contributed by atoms with van der Waals surface area (Å²) in [6.45, 7) is 6.74. The summed E-state index contributed by atoms with van der Waals surface area (Å²) >= 11 is 0. The molecular formula is C21H25F3N2. The highest BCUT2D eigenvalue weighted by Crippen LogP contribution is 2.32. The van der Waals surface area contributed by atoms with Gasteiger partial charge in [0.2, 0.25) is 0 Å². The third-order valence-corrected chi connectivity index (χ3v) is 5.02. The van der Waals surface area contributed by atoms with Crippen molar-refractivity contribution in [3.8, 4) is 0 Å². The van der Waals surface area contributed by atoms with Gasteiger partial charge in [0.1, 0.15) is 0 Å². The fourth-order valence-corrected chi connectivity index (χ4v) is 3.42. The Bertz CT molecular complexity index is 702. The molecule has 0 saturated carbocycles. The molecule has 1 heterocycles. The van der Waals surface area contributed by atoms with Crippen molar-refractivity contribution >= 4 is 0 Å². The van der Waals surface area contributed by atoms with Gasteiger partial charge in [-0.25, -0.2) is 0 Å². The molecule has 0 N–H and O–H groups in total. The van der Waals surface area contributed by atoms with Crippen molar-refractivity contribution in [3.63, 3.8) is 0 Å². The van der Waals surface area contributed by atoms with Crippen LogP contribution >= 0.6 is 0 Å². The SMILES string of the molecule is CCc1ccc(CN2CCN(Cc3ccccc3C(F)(F)F)CC2)cc1. The average molecular weight is 362 g/mol. The lowest BCUT2D eigenvalue weighted by molar-refractivity contribution is -0.138. The highest BCUT2D eigenvalue weighted by Gasteiger charge is 2.33. The molecule has 3 rings (SSSR count). The van der Waals surface area contributed by atoms with Gasteiger partial charge in [0, 0.05) is 39.3 Å². The summed E-state index contributed by atoms with van der Waals surface area (Å²) in [7, 11) is 0. The van der Waals surface area contributed by atoms with Crippen molar-refractivity contribution in [3.05, 3.63) is 70.8 Å². The van der Waals surface area contributed by atoms with Crippen molar-refractivity contribution in [2.45, 2.75) is 32.6 Å². The summed E-state index contributed by atoms with van der Waals surface area (Å²) in [6, 6.07) is 14.6. The first-order chi connectivity index (χ1) is 12.5. The lowest BCUT2D eigenvalue weighted by Crippen LogP contribution is -2.45. The zero-order valence-corrected chi connectivity index (χ0v) is 15.1. The standard InChI is InChI=1S/C21H25F3N2/c1-2-17-7-9-18(10-8-17)15-25-11-13-26(14-12-25)16-19-5-3-4-6-20(19)21(22,23)24/h3-10H,2,11-16H2,1H3. The molecule has 1 aliphatic rings. The van der Waals surface area contributed by atoms with Gasteiger partial charge in [0.15, 0.2) is 0 Å². The van der Waals surface area contributed by atoms with Crippen LogP contribution < -0.4 is 0 Å². The minimum atomic E-state index is -4.29. The summed E-state index contributed by atoms with van der Waals surface area (Å²) < 4.78 is 39.4. The first kappa shape index (κ1) is 18.9. The molecule has 1 saturated heterocycles. The van der Waals surface area contributed by atoms with Crippen LogP contribution in [0.15, 0.2) is 48.5 Å². The third-order valence-electron chi connectivity index (χ3n) is 5.02. The van der Waals surface area contributed by atoms with Gasteiger partial charge < -0.3 is 0 Å². The lowest BCUT2D eigenvalue weighted by atomic mass is 10.1.